The number of rotatable bonds is 1. The minimum absolute atomic E-state index is 0.728. The molecule has 0 amide bonds. The molecule has 0 aliphatic heterocycles. The summed E-state index contributed by atoms with van der Waals surface area (Å²) in [7, 11) is 0. The Hall–Kier alpha value is -1.38. The highest BCUT2D eigenvalue weighted by atomic mass is 15.1. The number of nitrogens with zero attached hydrogens (tertiary/aromatic N) is 3. The van der Waals surface area contributed by atoms with E-state index in [1.54, 1.807) is 0 Å². The Balaban J connectivity index is 2.30. The maximum Gasteiger partial charge on any atom is 0.0739 e. The molecular weight excluding hydrogens is 150 g/mol. The molecular formula is C9H9N3. The third-order valence-corrected chi connectivity index (χ3v) is 2.37. The molecule has 0 radical (unpaired) electrons. The van der Waals surface area contributed by atoms with E-state index in [-0.39, 0.29) is 0 Å². The molecule has 0 atom stereocenters. The first-order valence-corrected chi connectivity index (χ1v) is 4.22. The number of aromatic nitrogens is 3. The van der Waals surface area contributed by atoms with Gasteiger partial charge in [0.15, 0.2) is 0 Å². The summed E-state index contributed by atoms with van der Waals surface area (Å²) in [6.07, 6.45) is 8.41. The summed E-state index contributed by atoms with van der Waals surface area (Å²) in [6, 6.07) is 2.83. The highest BCUT2D eigenvalue weighted by Crippen LogP contribution is 2.37. The van der Waals surface area contributed by atoms with Crippen molar-refractivity contribution >= 4 is 10.9 Å². The van der Waals surface area contributed by atoms with E-state index in [9.17, 15) is 0 Å². The molecule has 1 aliphatic rings. The van der Waals surface area contributed by atoms with Crippen LogP contribution in [0.25, 0.3) is 10.9 Å². The van der Waals surface area contributed by atoms with Crippen molar-refractivity contribution in [3.8, 4) is 0 Å². The fourth-order valence-electron chi connectivity index (χ4n) is 1.58. The Morgan fingerprint density at radius 3 is 2.92 bits per heavy atom. The molecule has 3 nitrogen and oxygen atoms in total. The van der Waals surface area contributed by atoms with Crippen LogP contribution in [0.2, 0.25) is 0 Å². The molecule has 2 aromatic rings. The summed E-state index contributed by atoms with van der Waals surface area (Å²) in [5, 5.41) is 8.92. The third kappa shape index (κ3) is 0.763. The molecule has 3 heteroatoms. The van der Waals surface area contributed by atoms with Gasteiger partial charge in [-0.15, -0.1) is 0 Å². The average Bonchev–Trinajstić information content (AvgIpc) is 2.86. The highest BCUT2D eigenvalue weighted by molar-refractivity contribution is 5.78. The quantitative estimate of drug-likeness (QED) is 0.634. The molecule has 1 fully saturated rings. The molecule has 0 bridgehead atoms. The van der Waals surface area contributed by atoms with Crippen LogP contribution in [0.4, 0.5) is 0 Å². The standard InChI is InChI=1S/C9H9N3/c1-2-8(1)12-4-3-7-5-10-11-6-9(7)12/h3-6,8H,1-2H2. The Morgan fingerprint density at radius 1 is 1.25 bits per heavy atom. The van der Waals surface area contributed by atoms with E-state index in [1.807, 2.05) is 12.4 Å². The second kappa shape index (κ2) is 2.06. The first kappa shape index (κ1) is 6.17. The van der Waals surface area contributed by atoms with Gasteiger partial charge in [0.1, 0.15) is 0 Å². The van der Waals surface area contributed by atoms with Crippen LogP contribution in [-0.2, 0) is 0 Å². The second-order valence-corrected chi connectivity index (χ2v) is 3.28. The summed E-state index contributed by atoms with van der Waals surface area (Å²) < 4.78 is 2.30. The minimum atomic E-state index is 0.728. The molecule has 0 spiro atoms. The van der Waals surface area contributed by atoms with E-state index in [4.69, 9.17) is 0 Å². The van der Waals surface area contributed by atoms with Gasteiger partial charge in [-0.1, -0.05) is 0 Å². The van der Waals surface area contributed by atoms with Crippen LogP contribution in [0, 0.1) is 0 Å². The molecule has 0 aromatic carbocycles. The fraction of sp³-hybridized carbons (Fsp3) is 0.333. The zero-order chi connectivity index (χ0) is 7.97. The van der Waals surface area contributed by atoms with Gasteiger partial charge < -0.3 is 4.57 Å². The van der Waals surface area contributed by atoms with Crippen LogP contribution in [0.5, 0.6) is 0 Å². The lowest BCUT2D eigenvalue weighted by atomic mass is 10.4. The van der Waals surface area contributed by atoms with Crippen LogP contribution in [0.1, 0.15) is 18.9 Å². The maximum absolute atomic E-state index is 3.89. The van der Waals surface area contributed by atoms with Gasteiger partial charge in [0.05, 0.1) is 17.9 Å². The zero-order valence-electron chi connectivity index (χ0n) is 6.64. The Bertz CT molecular complexity index is 414. The predicted octanol–water partition coefficient (Wildman–Crippen LogP) is 1.77. The summed E-state index contributed by atoms with van der Waals surface area (Å²) in [4.78, 5) is 0. The van der Waals surface area contributed by atoms with Crippen molar-refractivity contribution in [1.29, 1.82) is 0 Å². The van der Waals surface area contributed by atoms with E-state index >= 15 is 0 Å². The summed E-state index contributed by atoms with van der Waals surface area (Å²) in [6.45, 7) is 0. The molecule has 0 saturated heterocycles. The van der Waals surface area contributed by atoms with Gasteiger partial charge in [0.25, 0.3) is 0 Å². The Labute approximate surface area is 70.0 Å². The van der Waals surface area contributed by atoms with Crippen molar-refractivity contribution in [2.24, 2.45) is 0 Å². The average molecular weight is 159 g/mol. The highest BCUT2D eigenvalue weighted by Gasteiger charge is 2.24. The third-order valence-electron chi connectivity index (χ3n) is 2.37. The SMILES string of the molecule is c1cn(C2CC2)c2cnncc12. The van der Waals surface area contributed by atoms with Crippen LogP contribution in [0.15, 0.2) is 24.7 Å². The van der Waals surface area contributed by atoms with Gasteiger partial charge in [-0.3, -0.25) is 0 Å². The zero-order valence-corrected chi connectivity index (χ0v) is 6.64. The molecule has 3 rings (SSSR count). The van der Waals surface area contributed by atoms with Gasteiger partial charge in [-0.25, -0.2) is 0 Å². The van der Waals surface area contributed by atoms with Crippen molar-refractivity contribution in [1.82, 2.24) is 14.8 Å². The van der Waals surface area contributed by atoms with E-state index in [0.29, 0.717) is 0 Å². The van der Waals surface area contributed by atoms with E-state index in [2.05, 4.69) is 27.0 Å². The molecule has 0 N–H and O–H groups in total. The van der Waals surface area contributed by atoms with Gasteiger partial charge in [-0.2, -0.15) is 10.2 Å². The van der Waals surface area contributed by atoms with Crippen molar-refractivity contribution in [2.45, 2.75) is 18.9 Å². The smallest absolute Gasteiger partial charge is 0.0739 e. The first-order valence-electron chi connectivity index (χ1n) is 4.22. The van der Waals surface area contributed by atoms with Crippen molar-refractivity contribution in [3.63, 3.8) is 0 Å². The van der Waals surface area contributed by atoms with E-state index < -0.39 is 0 Å². The number of fused-ring (bicyclic) bond motifs is 1. The summed E-state index contributed by atoms with van der Waals surface area (Å²) in [5.74, 6) is 0. The van der Waals surface area contributed by atoms with Crippen LogP contribution >= 0.6 is 0 Å². The van der Waals surface area contributed by atoms with Gasteiger partial charge in [0.2, 0.25) is 0 Å². The number of hydrogen-bond acceptors (Lipinski definition) is 2. The maximum atomic E-state index is 3.89. The van der Waals surface area contributed by atoms with Crippen molar-refractivity contribution in [2.75, 3.05) is 0 Å². The summed E-state index contributed by atoms with van der Waals surface area (Å²) in [5.41, 5.74) is 1.22. The fourth-order valence-corrected chi connectivity index (χ4v) is 1.58. The van der Waals surface area contributed by atoms with E-state index in [1.165, 1.54) is 23.7 Å². The molecule has 12 heavy (non-hydrogen) atoms. The van der Waals surface area contributed by atoms with Gasteiger partial charge in [-0.05, 0) is 18.9 Å². The molecule has 60 valence electrons. The topological polar surface area (TPSA) is 30.7 Å². The number of hydrogen-bond donors (Lipinski definition) is 0. The normalized spacial score (nSPS) is 17.0. The molecule has 2 aromatic heterocycles. The second-order valence-electron chi connectivity index (χ2n) is 3.28. The molecule has 0 unspecified atom stereocenters. The van der Waals surface area contributed by atoms with Crippen LogP contribution < -0.4 is 0 Å². The predicted molar refractivity (Wildman–Crippen MR) is 45.8 cm³/mol. The Kier molecular flexibility index (Phi) is 1.06. The first-order chi connectivity index (χ1) is 5.95. The molecule has 2 heterocycles. The van der Waals surface area contributed by atoms with Crippen molar-refractivity contribution < 1.29 is 0 Å². The molecule has 1 saturated carbocycles. The largest absolute Gasteiger partial charge is 0.343 e. The Morgan fingerprint density at radius 2 is 2.08 bits per heavy atom. The lowest BCUT2D eigenvalue weighted by molar-refractivity contribution is 0.773. The van der Waals surface area contributed by atoms with Crippen molar-refractivity contribution in [3.05, 3.63) is 24.7 Å². The molecule has 1 aliphatic carbocycles. The monoisotopic (exact) mass is 159 g/mol. The lowest BCUT2D eigenvalue weighted by Crippen LogP contribution is -1.91. The van der Waals surface area contributed by atoms with Crippen LogP contribution in [-0.4, -0.2) is 14.8 Å². The minimum Gasteiger partial charge on any atom is -0.343 e. The van der Waals surface area contributed by atoms with E-state index in [0.717, 1.165) is 6.04 Å². The summed E-state index contributed by atoms with van der Waals surface area (Å²) >= 11 is 0. The van der Waals surface area contributed by atoms with Crippen LogP contribution in [0.3, 0.4) is 0 Å². The van der Waals surface area contributed by atoms with Gasteiger partial charge in [0, 0.05) is 17.6 Å². The van der Waals surface area contributed by atoms with Gasteiger partial charge >= 0.3 is 0 Å². The lowest BCUT2D eigenvalue weighted by Gasteiger charge is -1.99.